The lowest BCUT2D eigenvalue weighted by atomic mass is 9.77. The summed E-state index contributed by atoms with van der Waals surface area (Å²) < 4.78 is 48.8. The van der Waals surface area contributed by atoms with Gasteiger partial charge in [0.05, 0.1) is 12.0 Å². The molecule has 2 aliphatic rings. The minimum Gasteiger partial charge on any atom is -0.490 e. The Hall–Kier alpha value is -2.24. The van der Waals surface area contributed by atoms with Gasteiger partial charge in [-0.1, -0.05) is 38.1 Å². The highest BCUT2D eigenvalue weighted by atomic mass is 19.4. The number of halogens is 3. The molecule has 6 heteroatoms. The van der Waals surface area contributed by atoms with Crippen molar-refractivity contribution in [1.82, 2.24) is 0 Å². The number of aliphatic carboxylic acids is 1. The van der Waals surface area contributed by atoms with E-state index in [1.165, 1.54) is 6.07 Å². The summed E-state index contributed by atoms with van der Waals surface area (Å²) in [5.74, 6) is 0.0694. The Kier molecular flexibility index (Phi) is 7.44. The SMILES string of the molecule is CC1CCC(Oc2ccc3ccc([C@@H](C)CC4CCC(C(=O)O)CC4)cc3c2C(F)(F)F)CC1. The van der Waals surface area contributed by atoms with Crippen LogP contribution in [0.4, 0.5) is 13.2 Å². The van der Waals surface area contributed by atoms with Crippen LogP contribution in [-0.4, -0.2) is 17.2 Å². The van der Waals surface area contributed by atoms with Gasteiger partial charge < -0.3 is 9.84 Å². The van der Waals surface area contributed by atoms with Crippen LogP contribution in [0.1, 0.15) is 88.7 Å². The zero-order valence-electron chi connectivity index (χ0n) is 20.0. The molecular weight excluding hydrogens is 441 g/mol. The summed E-state index contributed by atoms with van der Waals surface area (Å²) >= 11 is 0. The van der Waals surface area contributed by atoms with Gasteiger partial charge >= 0.3 is 12.1 Å². The minimum atomic E-state index is -4.51. The van der Waals surface area contributed by atoms with Gasteiger partial charge in [-0.2, -0.15) is 13.2 Å². The van der Waals surface area contributed by atoms with Crippen molar-refractivity contribution in [1.29, 1.82) is 0 Å². The van der Waals surface area contributed by atoms with E-state index in [1.807, 2.05) is 6.07 Å². The lowest BCUT2D eigenvalue weighted by Gasteiger charge is -2.29. The zero-order valence-corrected chi connectivity index (χ0v) is 20.0. The van der Waals surface area contributed by atoms with Crippen molar-refractivity contribution < 1.29 is 27.8 Å². The Bertz CT molecular complexity index is 1000. The summed E-state index contributed by atoms with van der Waals surface area (Å²) in [4.78, 5) is 11.2. The maximum absolute atomic E-state index is 14.3. The van der Waals surface area contributed by atoms with E-state index in [4.69, 9.17) is 4.74 Å². The fourth-order valence-corrected chi connectivity index (χ4v) is 5.82. The Morgan fingerprint density at radius 1 is 1.03 bits per heavy atom. The maximum Gasteiger partial charge on any atom is 0.420 e. The fourth-order valence-electron chi connectivity index (χ4n) is 5.82. The molecule has 2 aromatic rings. The van der Waals surface area contributed by atoms with Crippen LogP contribution in [-0.2, 0) is 11.0 Å². The van der Waals surface area contributed by atoms with Crippen LogP contribution in [0.5, 0.6) is 5.75 Å². The quantitative estimate of drug-likeness (QED) is 0.457. The van der Waals surface area contributed by atoms with Crippen LogP contribution in [0.25, 0.3) is 10.8 Å². The maximum atomic E-state index is 14.3. The van der Waals surface area contributed by atoms with Crippen molar-refractivity contribution in [3.63, 3.8) is 0 Å². The monoisotopic (exact) mass is 476 g/mol. The molecule has 0 saturated heterocycles. The molecule has 0 unspecified atom stereocenters. The van der Waals surface area contributed by atoms with E-state index in [0.29, 0.717) is 30.1 Å². The summed E-state index contributed by atoms with van der Waals surface area (Å²) in [5.41, 5.74) is 0.224. The number of alkyl halides is 3. The van der Waals surface area contributed by atoms with Crippen molar-refractivity contribution >= 4 is 16.7 Å². The van der Waals surface area contributed by atoms with Crippen LogP contribution in [0.3, 0.4) is 0 Å². The number of benzene rings is 2. The highest BCUT2D eigenvalue weighted by molar-refractivity contribution is 5.89. The van der Waals surface area contributed by atoms with Crippen LogP contribution in [0, 0.1) is 17.8 Å². The predicted molar refractivity (Wildman–Crippen MR) is 127 cm³/mol. The Morgan fingerprint density at radius 2 is 1.68 bits per heavy atom. The van der Waals surface area contributed by atoms with Crippen molar-refractivity contribution in [3.8, 4) is 5.75 Å². The molecule has 4 rings (SSSR count). The molecule has 0 aromatic heterocycles. The molecule has 0 amide bonds. The van der Waals surface area contributed by atoms with E-state index in [2.05, 4.69) is 13.8 Å². The predicted octanol–water partition coefficient (Wildman–Crippen LogP) is 8.20. The van der Waals surface area contributed by atoms with Crippen molar-refractivity contribution in [3.05, 3.63) is 41.5 Å². The minimum absolute atomic E-state index is 0.0589. The third-order valence-corrected chi connectivity index (χ3v) is 8.00. The first kappa shape index (κ1) is 24.9. The number of carboxylic acids is 1. The van der Waals surface area contributed by atoms with Gasteiger partial charge in [0, 0.05) is 0 Å². The van der Waals surface area contributed by atoms with Gasteiger partial charge in [0.2, 0.25) is 0 Å². The fraction of sp³-hybridized carbons (Fsp3) is 0.607. The molecule has 1 atom stereocenters. The molecule has 0 bridgehead atoms. The third-order valence-electron chi connectivity index (χ3n) is 8.00. The van der Waals surface area contributed by atoms with Crippen molar-refractivity contribution in [2.24, 2.45) is 17.8 Å². The Balaban J connectivity index is 1.57. The van der Waals surface area contributed by atoms with Gasteiger partial charge in [-0.25, -0.2) is 0 Å². The molecule has 0 radical (unpaired) electrons. The average molecular weight is 477 g/mol. The standard InChI is InChI=1S/C28H35F3O3/c1-17-3-12-23(13-4-17)34-25-14-11-20-9-10-22(16-24(20)26(25)28(29,30)31)18(2)15-19-5-7-21(8-6-19)27(32)33/h9-11,14,16-19,21,23H,3-8,12-13,15H2,1-2H3,(H,32,33)/t17?,18-,19?,21?,23?/m0/s1. The van der Waals surface area contributed by atoms with Crippen LogP contribution in [0.15, 0.2) is 30.3 Å². The smallest absolute Gasteiger partial charge is 0.420 e. The highest BCUT2D eigenvalue weighted by Gasteiger charge is 2.37. The summed E-state index contributed by atoms with van der Waals surface area (Å²) in [6.07, 6.45) is 2.82. The number of carboxylic acid groups (broad SMARTS) is 1. The summed E-state index contributed by atoms with van der Waals surface area (Å²) in [5, 5.41) is 9.98. The summed E-state index contributed by atoms with van der Waals surface area (Å²) in [6, 6.07) is 8.62. The van der Waals surface area contributed by atoms with E-state index in [-0.39, 0.29) is 29.1 Å². The normalized spacial score (nSPS) is 26.9. The van der Waals surface area contributed by atoms with Gasteiger partial charge in [-0.3, -0.25) is 4.79 Å². The van der Waals surface area contributed by atoms with Crippen LogP contribution < -0.4 is 4.74 Å². The van der Waals surface area contributed by atoms with E-state index >= 15 is 0 Å². The first-order valence-corrected chi connectivity index (χ1v) is 12.6. The number of fused-ring (bicyclic) bond motifs is 1. The molecule has 34 heavy (non-hydrogen) atoms. The molecule has 0 spiro atoms. The molecule has 2 saturated carbocycles. The van der Waals surface area contributed by atoms with Gasteiger partial charge in [0.25, 0.3) is 0 Å². The number of hydrogen-bond donors (Lipinski definition) is 1. The van der Waals surface area contributed by atoms with Gasteiger partial charge in [-0.05, 0) is 97.9 Å². The first-order valence-electron chi connectivity index (χ1n) is 12.6. The molecular formula is C28H35F3O3. The molecule has 0 heterocycles. The van der Waals surface area contributed by atoms with Crippen molar-refractivity contribution in [2.75, 3.05) is 0 Å². The molecule has 186 valence electrons. The topological polar surface area (TPSA) is 46.5 Å². The van der Waals surface area contributed by atoms with E-state index in [9.17, 15) is 23.1 Å². The lowest BCUT2D eigenvalue weighted by Crippen LogP contribution is -2.24. The molecule has 1 N–H and O–H groups in total. The second kappa shape index (κ2) is 10.2. The second-order valence-electron chi connectivity index (χ2n) is 10.6. The first-order chi connectivity index (χ1) is 16.1. The highest BCUT2D eigenvalue weighted by Crippen LogP contribution is 2.44. The molecule has 0 aliphatic heterocycles. The number of rotatable bonds is 6. The zero-order chi connectivity index (χ0) is 24.5. The van der Waals surface area contributed by atoms with Gasteiger partial charge in [-0.15, -0.1) is 0 Å². The van der Waals surface area contributed by atoms with E-state index in [0.717, 1.165) is 50.5 Å². The number of hydrogen-bond acceptors (Lipinski definition) is 2. The van der Waals surface area contributed by atoms with E-state index in [1.54, 1.807) is 18.2 Å². The van der Waals surface area contributed by atoms with E-state index < -0.39 is 17.7 Å². The Labute approximate surface area is 199 Å². The van der Waals surface area contributed by atoms with Gasteiger partial charge in [0.15, 0.2) is 0 Å². The Morgan fingerprint density at radius 3 is 2.29 bits per heavy atom. The molecule has 2 fully saturated rings. The number of carbonyl (C=O) groups is 1. The van der Waals surface area contributed by atoms with Gasteiger partial charge in [0.1, 0.15) is 11.3 Å². The summed E-state index contributed by atoms with van der Waals surface area (Å²) in [7, 11) is 0. The molecule has 3 nitrogen and oxygen atoms in total. The average Bonchev–Trinajstić information content (AvgIpc) is 2.79. The van der Waals surface area contributed by atoms with Crippen molar-refractivity contribution in [2.45, 2.75) is 89.8 Å². The summed E-state index contributed by atoms with van der Waals surface area (Å²) in [6.45, 7) is 4.23. The molecule has 2 aromatic carbocycles. The van der Waals surface area contributed by atoms with Crippen LogP contribution >= 0.6 is 0 Å². The molecule has 2 aliphatic carbocycles. The number of ether oxygens (including phenoxy) is 1. The third kappa shape index (κ3) is 5.69. The second-order valence-corrected chi connectivity index (χ2v) is 10.6. The van der Waals surface area contributed by atoms with Crippen LogP contribution in [0.2, 0.25) is 0 Å². The lowest BCUT2D eigenvalue weighted by molar-refractivity contribution is -0.143. The largest absolute Gasteiger partial charge is 0.490 e.